The number of hydrogen-bond acceptors (Lipinski definition) is 3. The first-order chi connectivity index (χ1) is 31.7. The van der Waals surface area contributed by atoms with E-state index in [1.807, 2.05) is 24.3 Å². The van der Waals surface area contributed by atoms with Crippen molar-refractivity contribution in [3.8, 4) is 84.1 Å². The van der Waals surface area contributed by atoms with Gasteiger partial charge in [0, 0.05) is 22.4 Å². The Morgan fingerprint density at radius 3 is 1.38 bits per heavy atom. The van der Waals surface area contributed by atoms with Gasteiger partial charge in [0.15, 0.2) is 5.82 Å². The fraction of sp³-hybridized carbons (Fsp3) is 0. The van der Waals surface area contributed by atoms with Gasteiger partial charge in [0.2, 0.25) is 5.78 Å². The van der Waals surface area contributed by atoms with Crippen LogP contribution in [-0.2, 0) is 0 Å². The van der Waals surface area contributed by atoms with Crippen LogP contribution < -0.4 is 0 Å². The molecule has 0 radical (unpaired) electrons. The molecule has 12 aromatic rings. The zero-order valence-electron chi connectivity index (χ0n) is 34.8. The van der Waals surface area contributed by atoms with Crippen LogP contribution >= 0.6 is 0 Å². The third kappa shape index (κ3) is 6.55. The standard InChI is InChI=1S/C59H39N5/c1-7-19-40(20-8-1)45-31-33-51-55(37-45)64-56-38-46(32-34-54(56)63(59(64)62-51)48-29-17-6-18-30-48)57-49(41-21-9-2-10-22-41)35-47(36-50(57)42-23-11-3-12-24-42)53-39-52(43-25-13-4-14-26-43)60-58(61-53)44-27-15-5-16-28-44/h1-39H. The smallest absolute Gasteiger partial charge is 0.220 e. The molecular weight excluding hydrogens is 779 g/mol. The molecule has 0 spiro atoms. The summed E-state index contributed by atoms with van der Waals surface area (Å²) in [6, 6.07) is 83.5. The van der Waals surface area contributed by atoms with Crippen molar-refractivity contribution in [3.05, 3.63) is 237 Å². The van der Waals surface area contributed by atoms with Crippen molar-refractivity contribution in [3.63, 3.8) is 0 Å². The average molecular weight is 818 g/mol. The Hall–Kier alpha value is -8.67. The van der Waals surface area contributed by atoms with E-state index in [2.05, 4.69) is 221 Å². The molecule has 3 heterocycles. The van der Waals surface area contributed by atoms with Gasteiger partial charge in [0.05, 0.1) is 33.5 Å². The van der Waals surface area contributed by atoms with Gasteiger partial charge in [-0.15, -0.1) is 0 Å². The summed E-state index contributed by atoms with van der Waals surface area (Å²) in [5.41, 5.74) is 18.9. The number of para-hydroxylation sites is 1. The fourth-order valence-electron chi connectivity index (χ4n) is 9.11. The van der Waals surface area contributed by atoms with E-state index in [4.69, 9.17) is 15.0 Å². The summed E-state index contributed by atoms with van der Waals surface area (Å²) in [6.45, 7) is 0. The van der Waals surface area contributed by atoms with E-state index in [1.54, 1.807) is 0 Å². The second-order valence-corrected chi connectivity index (χ2v) is 16.1. The van der Waals surface area contributed by atoms with Gasteiger partial charge in [-0.2, -0.15) is 0 Å². The van der Waals surface area contributed by atoms with Gasteiger partial charge < -0.3 is 0 Å². The monoisotopic (exact) mass is 817 g/mol. The Morgan fingerprint density at radius 1 is 0.297 bits per heavy atom. The lowest BCUT2D eigenvalue weighted by Gasteiger charge is -2.19. The molecule has 0 amide bonds. The summed E-state index contributed by atoms with van der Waals surface area (Å²) in [5.74, 6) is 1.55. The number of imidazole rings is 2. The van der Waals surface area contributed by atoms with E-state index < -0.39 is 0 Å². The zero-order chi connectivity index (χ0) is 42.4. The summed E-state index contributed by atoms with van der Waals surface area (Å²) in [6.07, 6.45) is 0. The molecule has 0 atom stereocenters. The van der Waals surface area contributed by atoms with Crippen LogP contribution in [0.2, 0.25) is 0 Å². The Balaban J connectivity index is 1.15. The van der Waals surface area contributed by atoms with Crippen molar-refractivity contribution in [2.45, 2.75) is 0 Å². The van der Waals surface area contributed by atoms with Crippen LogP contribution in [0.25, 0.3) is 112 Å². The summed E-state index contributed by atoms with van der Waals surface area (Å²) in [7, 11) is 0. The number of hydrogen-bond donors (Lipinski definition) is 0. The molecule has 5 heteroatoms. The van der Waals surface area contributed by atoms with Gasteiger partial charge in [-0.05, 0) is 99.1 Å². The second kappa shape index (κ2) is 15.7. The van der Waals surface area contributed by atoms with Crippen LogP contribution in [0.15, 0.2) is 237 Å². The third-order valence-electron chi connectivity index (χ3n) is 12.1. The average Bonchev–Trinajstić information content (AvgIpc) is 3.91. The summed E-state index contributed by atoms with van der Waals surface area (Å²) in [4.78, 5) is 15.7. The van der Waals surface area contributed by atoms with Crippen LogP contribution in [0.1, 0.15) is 0 Å². The van der Waals surface area contributed by atoms with Crippen LogP contribution in [-0.4, -0.2) is 23.9 Å². The minimum atomic E-state index is 0.684. The molecule has 0 saturated carbocycles. The molecule has 5 nitrogen and oxygen atoms in total. The van der Waals surface area contributed by atoms with Gasteiger partial charge in [0.1, 0.15) is 0 Å². The van der Waals surface area contributed by atoms with E-state index in [-0.39, 0.29) is 0 Å². The number of fused-ring (bicyclic) bond motifs is 5. The van der Waals surface area contributed by atoms with Crippen LogP contribution in [0.3, 0.4) is 0 Å². The molecule has 0 unspecified atom stereocenters. The number of rotatable bonds is 8. The van der Waals surface area contributed by atoms with Crippen molar-refractivity contribution in [2.24, 2.45) is 0 Å². The molecule has 0 fully saturated rings. The highest BCUT2D eigenvalue weighted by atomic mass is 15.2. The summed E-state index contributed by atoms with van der Waals surface area (Å²) in [5, 5.41) is 0. The Labute approximate surface area is 370 Å². The van der Waals surface area contributed by atoms with E-state index in [1.165, 1.54) is 5.56 Å². The molecule has 9 aromatic carbocycles. The molecule has 0 aliphatic heterocycles. The first-order valence-corrected chi connectivity index (χ1v) is 21.6. The highest BCUT2D eigenvalue weighted by molar-refractivity contribution is 6.01. The first-order valence-electron chi connectivity index (χ1n) is 21.6. The summed E-state index contributed by atoms with van der Waals surface area (Å²) >= 11 is 0. The van der Waals surface area contributed by atoms with Crippen molar-refractivity contribution in [1.29, 1.82) is 0 Å². The fourth-order valence-corrected chi connectivity index (χ4v) is 9.11. The maximum atomic E-state index is 5.31. The van der Waals surface area contributed by atoms with Crippen molar-refractivity contribution in [2.75, 3.05) is 0 Å². The minimum absolute atomic E-state index is 0.684. The largest absolute Gasteiger partial charge is 0.278 e. The lowest BCUT2D eigenvalue weighted by atomic mass is 9.85. The Bertz CT molecular complexity index is 3500. The van der Waals surface area contributed by atoms with E-state index >= 15 is 0 Å². The van der Waals surface area contributed by atoms with E-state index in [9.17, 15) is 0 Å². The molecule has 0 saturated heterocycles. The van der Waals surface area contributed by atoms with E-state index in [0.717, 1.165) is 101 Å². The summed E-state index contributed by atoms with van der Waals surface area (Å²) < 4.78 is 4.62. The zero-order valence-corrected chi connectivity index (χ0v) is 34.8. The highest BCUT2D eigenvalue weighted by Gasteiger charge is 2.23. The molecule has 300 valence electrons. The predicted molar refractivity (Wildman–Crippen MR) is 263 cm³/mol. The second-order valence-electron chi connectivity index (χ2n) is 16.1. The van der Waals surface area contributed by atoms with Gasteiger partial charge in [-0.1, -0.05) is 182 Å². The molecule has 12 rings (SSSR count). The lowest BCUT2D eigenvalue weighted by molar-refractivity contribution is 1.11. The SMILES string of the molecule is c1ccc(-c2ccc3nc4n(-c5ccccc5)c5ccc(-c6c(-c7ccccc7)cc(-c7cc(-c8ccccc8)nc(-c8ccccc8)n7)cc6-c6ccccc6)cc5n4c3c2)cc1. The topological polar surface area (TPSA) is 48.0 Å². The minimum Gasteiger partial charge on any atom is -0.278 e. The maximum Gasteiger partial charge on any atom is 0.220 e. The van der Waals surface area contributed by atoms with Gasteiger partial charge >= 0.3 is 0 Å². The van der Waals surface area contributed by atoms with Crippen LogP contribution in [0.5, 0.6) is 0 Å². The van der Waals surface area contributed by atoms with Crippen molar-refractivity contribution >= 4 is 27.8 Å². The number of nitrogens with zero attached hydrogens (tertiary/aromatic N) is 5. The first kappa shape index (κ1) is 37.1. The quantitative estimate of drug-likeness (QED) is 0.153. The molecule has 3 aromatic heterocycles. The third-order valence-corrected chi connectivity index (χ3v) is 12.1. The van der Waals surface area contributed by atoms with Crippen molar-refractivity contribution < 1.29 is 0 Å². The molecule has 64 heavy (non-hydrogen) atoms. The normalized spacial score (nSPS) is 11.4. The van der Waals surface area contributed by atoms with Crippen molar-refractivity contribution in [1.82, 2.24) is 23.9 Å². The number of benzene rings is 9. The van der Waals surface area contributed by atoms with E-state index in [0.29, 0.717) is 5.82 Å². The highest BCUT2D eigenvalue weighted by Crippen LogP contribution is 2.45. The molecule has 0 aliphatic rings. The number of aromatic nitrogens is 5. The van der Waals surface area contributed by atoms with Gasteiger partial charge in [-0.3, -0.25) is 8.97 Å². The predicted octanol–water partition coefficient (Wildman–Crippen LogP) is 14.9. The molecule has 0 N–H and O–H groups in total. The Morgan fingerprint density at radius 2 is 0.781 bits per heavy atom. The van der Waals surface area contributed by atoms with Gasteiger partial charge in [-0.25, -0.2) is 15.0 Å². The van der Waals surface area contributed by atoms with Crippen LogP contribution in [0.4, 0.5) is 0 Å². The molecular formula is C59H39N5. The van der Waals surface area contributed by atoms with Gasteiger partial charge in [0.25, 0.3) is 0 Å². The maximum absolute atomic E-state index is 5.31. The Kier molecular flexibility index (Phi) is 9.08. The molecule has 0 bridgehead atoms. The lowest BCUT2D eigenvalue weighted by Crippen LogP contribution is -1.98. The van der Waals surface area contributed by atoms with Crippen LogP contribution in [0, 0.1) is 0 Å². The molecule has 0 aliphatic carbocycles.